The number of hydrogen-bond acceptors (Lipinski definition) is 3. The van der Waals surface area contributed by atoms with Crippen LogP contribution in [-0.2, 0) is 17.6 Å². The van der Waals surface area contributed by atoms with E-state index >= 15 is 0 Å². The molecule has 0 amide bonds. The molecule has 19 heavy (non-hydrogen) atoms. The first-order valence-corrected chi connectivity index (χ1v) is 6.26. The Bertz CT molecular complexity index is 594. The molecule has 0 saturated heterocycles. The highest BCUT2D eigenvalue weighted by Gasteiger charge is 2.07. The van der Waals surface area contributed by atoms with Crippen LogP contribution in [0.2, 0.25) is 5.02 Å². The van der Waals surface area contributed by atoms with Gasteiger partial charge in [0.2, 0.25) is 0 Å². The van der Waals surface area contributed by atoms with Crippen LogP contribution in [0.4, 0.5) is 5.69 Å². The van der Waals surface area contributed by atoms with Crippen LogP contribution in [-0.4, -0.2) is 10.9 Å². The normalized spacial score (nSPS) is 10.4. The lowest BCUT2D eigenvalue weighted by atomic mass is 10.0. The number of nitrogen functional groups attached to an aromatic ring is 1. The van der Waals surface area contributed by atoms with Crippen molar-refractivity contribution < 1.29 is 9.90 Å². The number of Topliss-reactive ketones (excluding diaryl/α,β-unsaturated/α-hetero) is 1. The van der Waals surface area contributed by atoms with E-state index in [2.05, 4.69) is 0 Å². The molecular formula is C15H14ClNO2. The summed E-state index contributed by atoms with van der Waals surface area (Å²) in [7, 11) is 0. The Hall–Kier alpha value is -2.00. The van der Waals surface area contributed by atoms with Gasteiger partial charge in [-0.2, -0.15) is 0 Å². The fourth-order valence-corrected chi connectivity index (χ4v) is 1.94. The molecule has 0 aromatic heterocycles. The summed E-state index contributed by atoms with van der Waals surface area (Å²) in [5, 5.41) is 9.76. The lowest BCUT2D eigenvalue weighted by molar-refractivity contribution is -0.117. The summed E-state index contributed by atoms with van der Waals surface area (Å²) in [4.78, 5) is 11.9. The van der Waals surface area contributed by atoms with E-state index in [1.165, 1.54) is 6.07 Å². The van der Waals surface area contributed by atoms with Crippen molar-refractivity contribution >= 4 is 23.1 Å². The highest BCUT2D eigenvalue weighted by atomic mass is 35.5. The summed E-state index contributed by atoms with van der Waals surface area (Å²) in [6.45, 7) is 0. The highest BCUT2D eigenvalue weighted by Crippen LogP contribution is 2.24. The van der Waals surface area contributed by atoms with Crippen LogP contribution in [0, 0.1) is 0 Å². The third-order valence-electron chi connectivity index (χ3n) is 2.79. The molecule has 0 unspecified atom stereocenters. The Morgan fingerprint density at radius 1 is 1.05 bits per heavy atom. The number of phenolic OH excluding ortho intramolecular Hbond substituents is 1. The van der Waals surface area contributed by atoms with E-state index in [0.717, 1.165) is 11.1 Å². The van der Waals surface area contributed by atoms with Gasteiger partial charge in [0.05, 0.1) is 5.02 Å². The van der Waals surface area contributed by atoms with Crippen LogP contribution in [0.15, 0.2) is 42.5 Å². The van der Waals surface area contributed by atoms with Crippen molar-refractivity contribution in [2.75, 3.05) is 5.73 Å². The fourth-order valence-electron chi connectivity index (χ4n) is 1.82. The van der Waals surface area contributed by atoms with Gasteiger partial charge in [0.15, 0.2) is 0 Å². The largest absolute Gasteiger partial charge is 0.506 e. The summed E-state index contributed by atoms with van der Waals surface area (Å²) in [5.74, 6) is 0.0749. The van der Waals surface area contributed by atoms with Gasteiger partial charge in [-0.25, -0.2) is 0 Å². The Morgan fingerprint density at radius 2 is 1.63 bits per heavy atom. The first kappa shape index (κ1) is 13.4. The van der Waals surface area contributed by atoms with Crippen LogP contribution < -0.4 is 5.73 Å². The maximum Gasteiger partial charge on any atom is 0.141 e. The van der Waals surface area contributed by atoms with Crippen molar-refractivity contribution in [3.05, 3.63) is 58.6 Å². The highest BCUT2D eigenvalue weighted by molar-refractivity contribution is 6.32. The predicted octanol–water partition coefficient (Wildman–Crippen LogP) is 2.98. The average molecular weight is 276 g/mol. The van der Waals surface area contributed by atoms with Crippen LogP contribution >= 0.6 is 11.6 Å². The molecule has 0 aliphatic carbocycles. The molecule has 0 saturated carbocycles. The van der Waals surface area contributed by atoms with Gasteiger partial charge in [-0.15, -0.1) is 0 Å². The molecule has 4 heteroatoms. The van der Waals surface area contributed by atoms with Gasteiger partial charge in [-0.05, 0) is 35.4 Å². The van der Waals surface area contributed by atoms with E-state index in [1.807, 2.05) is 12.1 Å². The van der Waals surface area contributed by atoms with Gasteiger partial charge in [0.25, 0.3) is 0 Å². The minimum Gasteiger partial charge on any atom is -0.506 e. The summed E-state index contributed by atoms with van der Waals surface area (Å²) < 4.78 is 0. The van der Waals surface area contributed by atoms with Crippen LogP contribution in [0.25, 0.3) is 0 Å². The Kier molecular flexibility index (Phi) is 4.07. The molecule has 98 valence electrons. The SMILES string of the molecule is Nc1ccc(CC(=O)Cc2ccc(Cl)c(O)c2)cc1. The maximum absolute atomic E-state index is 11.9. The van der Waals surface area contributed by atoms with Crippen LogP contribution in [0.1, 0.15) is 11.1 Å². The van der Waals surface area contributed by atoms with E-state index < -0.39 is 0 Å². The predicted molar refractivity (Wildman–Crippen MR) is 76.4 cm³/mol. The van der Waals surface area contributed by atoms with Crippen LogP contribution in [0.5, 0.6) is 5.75 Å². The second kappa shape index (κ2) is 5.76. The summed E-state index contributed by atoms with van der Waals surface area (Å²) in [6.07, 6.45) is 0.624. The lowest BCUT2D eigenvalue weighted by Crippen LogP contribution is -2.06. The molecule has 0 heterocycles. The lowest BCUT2D eigenvalue weighted by Gasteiger charge is -2.04. The smallest absolute Gasteiger partial charge is 0.141 e. The zero-order chi connectivity index (χ0) is 13.8. The fraction of sp³-hybridized carbons (Fsp3) is 0.133. The molecule has 2 rings (SSSR count). The Balaban J connectivity index is 2.01. The molecule has 0 fully saturated rings. The second-order valence-corrected chi connectivity index (χ2v) is 4.83. The number of carbonyl (C=O) groups excluding carboxylic acids is 1. The molecular weight excluding hydrogens is 262 g/mol. The van der Waals surface area contributed by atoms with Gasteiger partial charge in [0.1, 0.15) is 11.5 Å². The number of nitrogens with two attached hydrogens (primary N) is 1. The number of hydrogen-bond donors (Lipinski definition) is 2. The van der Waals surface area contributed by atoms with E-state index in [-0.39, 0.29) is 23.0 Å². The minimum atomic E-state index is -0.000508. The molecule has 0 aliphatic rings. The number of aromatic hydroxyl groups is 1. The van der Waals surface area contributed by atoms with E-state index in [0.29, 0.717) is 12.1 Å². The zero-order valence-corrected chi connectivity index (χ0v) is 11.0. The number of anilines is 1. The number of benzene rings is 2. The van der Waals surface area contributed by atoms with E-state index in [9.17, 15) is 9.90 Å². The molecule has 0 aliphatic heterocycles. The summed E-state index contributed by atoms with van der Waals surface area (Å²) in [6, 6.07) is 12.1. The third-order valence-corrected chi connectivity index (χ3v) is 3.11. The molecule has 0 radical (unpaired) electrons. The number of phenols is 1. The van der Waals surface area contributed by atoms with Gasteiger partial charge in [0, 0.05) is 18.5 Å². The van der Waals surface area contributed by atoms with Crippen molar-refractivity contribution in [1.29, 1.82) is 0 Å². The maximum atomic E-state index is 11.9. The number of carbonyl (C=O) groups is 1. The van der Waals surface area contributed by atoms with Crippen LogP contribution in [0.3, 0.4) is 0 Å². The monoisotopic (exact) mass is 275 g/mol. The van der Waals surface area contributed by atoms with Crippen molar-refractivity contribution in [3.8, 4) is 5.75 Å². The number of halogens is 1. The van der Waals surface area contributed by atoms with Crippen molar-refractivity contribution in [2.45, 2.75) is 12.8 Å². The minimum absolute atomic E-state index is 0.000508. The zero-order valence-electron chi connectivity index (χ0n) is 10.3. The third kappa shape index (κ3) is 3.73. The Morgan fingerprint density at radius 3 is 2.26 bits per heavy atom. The first-order valence-electron chi connectivity index (χ1n) is 5.88. The molecule has 3 N–H and O–H groups in total. The van der Waals surface area contributed by atoms with Gasteiger partial charge < -0.3 is 10.8 Å². The first-order chi connectivity index (χ1) is 9.04. The molecule has 0 atom stereocenters. The van der Waals surface area contributed by atoms with Gasteiger partial charge in [-0.3, -0.25) is 4.79 Å². The molecule has 3 nitrogen and oxygen atoms in total. The molecule has 2 aromatic rings. The number of ketones is 1. The summed E-state index contributed by atoms with van der Waals surface area (Å²) >= 11 is 5.72. The average Bonchev–Trinajstić information content (AvgIpc) is 2.37. The molecule has 2 aromatic carbocycles. The molecule has 0 spiro atoms. The number of rotatable bonds is 4. The van der Waals surface area contributed by atoms with E-state index in [1.54, 1.807) is 24.3 Å². The summed E-state index contributed by atoms with van der Waals surface area (Å²) in [5.41, 5.74) is 7.95. The standard InChI is InChI=1S/C15H14ClNO2/c16-14-6-3-11(9-15(14)19)8-13(18)7-10-1-4-12(17)5-2-10/h1-6,9,19H,7-8,17H2. The van der Waals surface area contributed by atoms with Crippen molar-refractivity contribution in [3.63, 3.8) is 0 Å². The van der Waals surface area contributed by atoms with Gasteiger partial charge in [-0.1, -0.05) is 29.8 Å². The molecule has 0 bridgehead atoms. The Labute approximate surface area is 116 Å². The van der Waals surface area contributed by atoms with Crippen molar-refractivity contribution in [1.82, 2.24) is 0 Å². The topological polar surface area (TPSA) is 63.3 Å². The quantitative estimate of drug-likeness (QED) is 0.843. The van der Waals surface area contributed by atoms with E-state index in [4.69, 9.17) is 17.3 Å². The van der Waals surface area contributed by atoms with Crippen molar-refractivity contribution in [2.24, 2.45) is 0 Å². The second-order valence-electron chi connectivity index (χ2n) is 4.42. The van der Waals surface area contributed by atoms with Gasteiger partial charge >= 0.3 is 0 Å².